The van der Waals surface area contributed by atoms with Crippen LogP contribution < -0.4 is 10.6 Å². The molecule has 0 bridgehead atoms. The molecule has 0 heterocycles. The maximum Gasteiger partial charge on any atom is 0.417 e. The summed E-state index contributed by atoms with van der Waals surface area (Å²) in [5, 5.41) is 3.93. The van der Waals surface area contributed by atoms with Gasteiger partial charge in [-0.1, -0.05) is 11.6 Å². The van der Waals surface area contributed by atoms with Gasteiger partial charge in [0, 0.05) is 11.8 Å². The lowest BCUT2D eigenvalue weighted by atomic mass is 10.2. The first-order valence-electron chi connectivity index (χ1n) is 8.05. The van der Waals surface area contributed by atoms with Gasteiger partial charge < -0.3 is 10.6 Å². The molecule has 0 spiro atoms. The molecule has 0 unspecified atom stereocenters. The SMILES string of the molecule is CN(CC(=O)Nc1ccc(Cl)c(C(F)(F)F)c1)CC(=O)Nc1cc(F)ccc1F. The normalized spacial score (nSPS) is 11.4. The molecule has 0 saturated heterocycles. The Labute approximate surface area is 167 Å². The van der Waals surface area contributed by atoms with E-state index in [4.69, 9.17) is 11.6 Å². The average molecular weight is 436 g/mol. The highest BCUT2D eigenvalue weighted by Gasteiger charge is 2.33. The Hall–Kier alpha value is -2.72. The zero-order chi connectivity index (χ0) is 21.8. The molecule has 29 heavy (non-hydrogen) atoms. The summed E-state index contributed by atoms with van der Waals surface area (Å²) < 4.78 is 65.2. The lowest BCUT2D eigenvalue weighted by molar-refractivity contribution is -0.137. The highest BCUT2D eigenvalue weighted by Crippen LogP contribution is 2.36. The molecule has 0 saturated carbocycles. The minimum Gasteiger partial charge on any atom is -0.325 e. The third kappa shape index (κ3) is 6.68. The maximum atomic E-state index is 13.5. The second-order valence-corrected chi connectivity index (χ2v) is 6.49. The molecule has 2 rings (SSSR count). The van der Waals surface area contributed by atoms with E-state index >= 15 is 0 Å². The molecule has 2 aromatic rings. The van der Waals surface area contributed by atoms with E-state index in [1.807, 2.05) is 0 Å². The second kappa shape index (κ2) is 9.19. The fourth-order valence-corrected chi connectivity index (χ4v) is 2.57. The van der Waals surface area contributed by atoms with Crippen LogP contribution in [-0.2, 0) is 15.8 Å². The Bertz CT molecular complexity index is 921. The van der Waals surface area contributed by atoms with Crippen LogP contribution in [-0.4, -0.2) is 36.9 Å². The van der Waals surface area contributed by atoms with Gasteiger partial charge in [0.05, 0.1) is 29.4 Å². The van der Waals surface area contributed by atoms with Crippen LogP contribution in [0.25, 0.3) is 0 Å². The summed E-state index contributed by atoms with van der Waals surface area (Å²) in [5.74, 6) is -2.97. The number of anilines is 2. The first-order valence-corrected chi connectivity index (χ1v) is 8.43. The molecular weight excluding hydrogens is 421 g/mol. The first-order chi connectivity index (χ1) is 13.5. The average Bonchev–Trinajstić information content (AvgIpc) is 2.58. The molecular formula is C18H15ClF5N3O2. The van der Waals surface area contributed by atoms with Gasteiger partial charge in [-0.25, -0.2) is 8.78 Å². The van der Waals surface area contributed by atoms with Crippen molar-refractivity contribution in [3.63, 3.8) is 0 Å². The summed E-state index contributed by atoms with van der Waals surface area (Å²) in [6, 6.07) is 5.45. The lowest BCUT2D eigenvalue weighted by Crippen LogP contribution is -2.36. The van der Waals surface area contributed by atoms with Crippen molar-refractivity contribution in [2.75, 3.05) is 30.8 Å². The standard InChI is InChI=1S/C18H15ClF5N3O2/c1-27(9-17(29)26-15-6-10(20)2-5-14(15)21)8-16(28)25-11-3-4-13(19)12(7-11)18(22,23)24/h2-7H,8-9H2,1H3,(H,25,28)(H,26,29). The molecule has 2 amide bonds. The number of nitrogens with zero attached hydrogens (tertiary/aromatic N) is 1. The third-order valence-corrected chi connectivity index (χ3v) is 3.91. The molecule has 2 aromatic carbocycles. The quantitative estimate of drug-likeness (QED) is 0.670. The number of hydrogen-bond acceptors (Lipinski definition) is 3. The van der Waals surface area contributed by atoms with Crippen molar-refractivity contribution >= 4 is 34.8 Å². The molecule has 0 aliphatic rings. The van der Waals surface area contributed by atoms with Crippen molar-refractivity contribution in [1.82, 2.24) is 4.90 Å². The summed E-state index contributed by atoms with van der Waals surface area (Å²) >= 11 is 5.51. The molecule has 0 fully saturated rings. The highest BCUT2D eigenvalue weighted by atomic mass is 35.5. The van der Waals surface area contributed by atoms with Crippen LogP contribution in [0.2, 0.25) is 5.02 Å². The van der Waals surface area contributed by atoms with Gasteiger partial charge >= 0.3 is 6.18 Å². The molecule has 5 nitrogen and oxygen atoms in total. The zero-order valence-corrected chi connectivity index (χ0v) is 15.7. The maximum absolute atomic E-state index is 13.5. The molecule has 0 aliphatic carbocycles. The van der Waals surface area contributed by atoms with Gasteiger partial charge in [0.15, 0.2) is 0 Å². The summed E-state index contributed by atoms with van der Waals surface area (Å²) in [6.07, 6.45) is -4.68. The van der Waals surface area contributed by atoms with Crippen LogP contribution in [0.15, 0.2) is 36.4 Å². The van der Waals surface area contributed by atoms with Gasteiger partial charge in [-0.3, -0.25) is 14.5 Å². The van der Waals surface area contributed by atoms with E-state index in [-0.39, 0.29) is 24.5 Å². The Morgan fingerprint density at radius 3 is 2.24 bits per heavy atom. The fraction of sp³-hybridized carbons (Fsp3) is 0.222. The number of carbonyl (C=O) groups is 2. The van der Waals surface area contributed by atoms with Gasteiger partial charge in [0.25, 0.3) is 0 Å². The van der Waals surface area contributed by atoms with E-state index in [0.29, 0.717) is 6.07 Å². The van der Waals surface area contributed by atoms with Gasteiger partial charge in [-0.05, 0) is 37.4 Å². The zero-order valence-electron chi connectivity index (χ0n) is 14.9. The molecule has 0 radical (unpaired) electrons. The van der Waals surface area contributed by atoms with E-state index in [1.54, 1.807) is 0 Å². The van der Waals surface area contributed by atoms with Gasteiger partial charge in [0.1, 0.15) is 11.6 Å². The number of alkyl halides is 3. The van der Waals surface area contributed by atoms with Crippen molar-refractivity contribution in [3.05, 3.63) is 58.6 Å². The van der Waals surface area contributed by atoms with E-state index in [9.17, 15) is 31.5 Å². The van der Waals surface area contributed by atoms with Crippen molar-refractivity contribution in [2.45, 2.75) is 6.18 Å². The molecule has 0 aromatic heterocycles. The van der Waals surface area contributed by atoms with Crippen LogP contribution in [0.4, 0.5) is 33.3 Å². The van der Waals surface area contributed by atoms with Crippen molar-refractivity contribution in [2.24, 2.45) is 0 Å². The predicted octanol–water partition coefficient (Wildman–Crippen LogP) is 4.15. The minimum atomic E-state index is -4.68. The monoisotopic (exact) mass is 435 g/mol. The van der Waals surface area contributed by atoms with Crippen LogP contribution in [0.5, 0.6) is 0 Å². The number of carbonyl (C=O) groups excluding carboxylic acids is 2. The van der Waals surface area contributed by atoms with Crippen molar-refractivity contribution in [3.8, 4) is 0 Å². The third-order valence-electron chi connectivity index (χ3n) is 3.59. The Morgan fingerprint density at radius 1 is 1.00 bits per heavy atom. The van der Waals surface area contributed by atoms with Crippen LogP contribution in [0.3, 0.4) is 0 Å². The largest absolute Gasteiger partial charge is 0.417 e. The minimum absolute atomic E-state index is 0.119. The summed E-state index contributed by atoms with van der Waals surface area (Å²) in [5.41, 5.74) is -1.57. The molecule has 156 valence electrons. The number of nitrogens with one attached hydrogen (secondary N) is 2. The van der Waals surface area contributed by atoms with E-state index in [0.717, 1.165) is 24.3 Å². The number of amides is 2. The molecule has 0 aliphatic heterocycles. The lowest BCUT2D eigenvalue weighted by Gasteiger charge is -2.17. The van der Waals surface area contributed by atoms with Crippen LogP contribution >= 0.6 is 11.6 Å². The predicted molar refractivity (Wildman–Crippen MR) is 97.6 cm³/mol. The van der Waals surface area contributed by atoms with E-state index in [2.05, 4.69) is 10.6 Å². The Morgan fingerprint density at radius 2 is 1.62 bits per heavy atom. The summed E-state index contributed by atoms with van der Waals surface area (Å²) in [6.45, 7) is -0.694. The number of benzene rings is 2. The van der Waals surface area contributed by atoms with Crippen LogP contribution in [0, 0.1) is 11.6 Å². The summed E-state index contributed by atoms with van der Waals surface area (Å²) in [4.78, 5) is 25.1. The van der Waals surface area contributed by atoms with Gasteiger partial charge in [-0.2, -0.15) is 13.2 Å². The highest BCUT2D eigenvalue weighted by molar-refractivity contribution is 6.31. The molecule has 0 atom stereocenters. The van der Waals surface area contributed by atoms with Crippen LogP contribution in [0.1, 0.15) is 5.56 Å². The topological polar surface area (TPSA) is 61.4 Å². The Kier molecular flexibility index (Phi) is 7.15. The second-order valence-electron chi connectivity index (χ2n) is 6.09. The van der Waals surface area contributed by atoms with Crippen molar-refractivity contribution < 1.29 is 31.5 Å². The van der Waals surface area contributed by atoms with Gasteiger partial charge in [-0.15, -0.1) is 0 Å². The number of halogens is 6. The first kappa shape index (κ1) is 22.6. The number of likely N-dealkylation sites (N-methyl/N-ethyl adjacent to an activating group) is 1. The molecule has 2 N–H and O–H groups in total. The number of hydrogen-bond donors (Lipinski definition) is 2. The smallest absolute Gasteiger partial charge is 0.325 e. The van der Waals surface area contributed by atoms with E-state index < -0.39 is 40.2 Å². The van der Waals surface area contributed by atoms with Gasteiger partial charge in [0.2, 0.25) is 11.8 Å². The van der Waals surface area contributed by atoms with E-state index in [1.165, 1.54) is 18.0 Å². The molecule has 11 heteroatoms. The summed E-state index contributed by atoms with van der Waals surface area (Å²) in [7, 11) is 1.39. The number of rotatable bonds is 6. The van der Waals surface area contributed by atoms with Crippen molar-refractivity contribution in [1.29, 1.82) is 0 Å². The Balaban J connectivity index is 1.92. The fourth-order valence-electron chi connectivity index (χ4n) is 2.35.